The average Bonchev–Trinajstić information content (AvgIpc) is 3.36. The normalized spacial score (nSPS) is 13.1. The molecule has 0 bridgehead atoms. The Kier molecular flexibility index (Phi) is 7.17. The van der Waals surface area contributed by atoms with E-state index in [-0.39, 0.29) is 24.4 Å². The summed E-state index contributed by atoms with van der Waals surface area (Å²) in [5.74, 6) is -0.0318. The number of amides is 1. The van der Waals surface area contributed by atoms with Gasteiger partial charge in [0.05, 0.1) is 23.4 Å². The summed E-state index contributed by atoms with van der Waals surface area (Å²) in [6.45, 7) is 5.35. The van der Waals surface area contributed by atoms with Gasteiger partial charge < -0.3 is 10.1 Å². The monoisotopic (exact) mass is 444 g/mol. The van der Waals surface area contributed by atoms with E-state index < -0.39 is 12.1 Å². The number of aromatic amines is 1. The predicted molar refractivity (Wildman–Crippen MR) is 119 cm³/mol. The number of aromatic nitrogens is 3. The molecule has 0 aliphatic carbocycles. The van der Waals surface area contributed by atoms with E-state index in [0.717, 1.165) is 10.4 Å². The van der Waals surface area contributed by atoms with Crippen LogP contribution in [0.2, 0.25) is 0 Å². The van der Waals surface area contributed by atoms with E-state index in [4.69, 9.17) is 17.0 Å². The van der Waals surface area contributed by atoms with Crippen LogP contribution in [0.15, 0.2) is 47.8 Å². The van der Waals surface area contributed by atoms with Crippen LogP contribution in [0.25, 0.3) is 10.7 Å². The van der Waals surface area contributed by atoms with Crippen molar-refractivity contribution in [3.8, 4) is 10.7 Å². The first kappa shape index (κ1) is 21.9. The fraction of sp³-hybridized carbons (Fsp3) is 0.333. The molecular formula is C21H24N4O3S2. The lowest BCUT2D eigenvalue weighted by atomic mass is 10.0. The van der Waals surface area contributed by atoms with Crippen molar-refractivity contribution in [2.45, 2.75) is 45.4 Å². The van der Waals surface area contributed by atoms with Gasteiger partial charge in [-0.2, -0.15) is 5.10 Å². The molecule has 1 aromatic carbocycles. The summed E-state index contributed by atoms with van der Waals surface area (Å²) in [4.78, 5) is 26.3. The first-order valence-corrected chi connectivity index (χ1v) is 10.9. The molecule has 9 heteroatoms. The summed E-state index contributed by atoms with van der Waals surface area (Å²) in [6.07, 6.45) is -0.184. The highest BCUT2D eigenvalue weighted by molar-refractivity contribution is 7.71. The molecule has 3 aromatic rings. The Morgan fingerprint density at radius 2 is 1.93 bits per heavy atom. The highest BCUT2D eigenvalue weighted by Gasteiger charge is 2.26. The van der Waals surface area contributed by atoms with Gasteiger partial charge in [0, 0.05) is 0 Å². The Balaban J connectivity index is 1.83. The van der Waals surface area contributed by atoms with Crippen molar-refractivity contribution in [3.05, 3.63) is 58.2 Å². The Morgan fingerprint density at radius 3 is 2.57 bits per heavy atom. The van der Waals surface area contributed by atoms with Gasteiger partial charge in [0.1, 0.15) is 6.04 Å². The van der Waals surface area contributed by atoms with E-state index in [1.165, 1.54) is 11.3 Å². The molecule has 0 radical (unpaired) electrons. The second-order valence-corrected chi connectivity index (χ2v) is 8.42. The number of esters is 1. The first-order valence-electron chi connectivity index (χ1n) is 9.62. The summed E-state index contributed by atoms with van der Waals surface area (Å²) in [6, 6.07) is 12.1. The van der Waals surface area contributed by atoms with Crippen molar-refractivity contribution in [1.29, 1.82) is 0 Å². The molecule has 0 saturated heterocycles. The van der Waals surface area contributed by atoms with Crippen molar-refractivity contribution in [2.24, 2.45) is 0 Å². The molecule has 0 fully saturated rings. The zero-order valence-electron chi connectivity index (χ0n) is 17.0. The number of carbonyl (C=O) groups is 2. The van der Waals surface area contributed by atoms with Gasteiger partial charge in [-0.05, 0) is 50.0 Å². The minimum absolute atomic E-state index is 0.0369. The van der Waals surface area contributed by atoms with E-state index in [1.54, 1.807) is 25.3 Å². The second-order valence-electron chi connectivity index (χ2n) is 7.09. The van der Waals surface area contributed by atoms with Crippen molar-refractivity contribution in [1.82, 2.24) is 20.1 Å². The predicted octanol–water partition coefficient (Wildman–Crippen LogP) is 4.43. The Morgan fingerprint density at radius 1 is 1.20 bits per heavy atom. The molecule has 30 heavy (non-hydrogen) atoms. The van der Waals surface area contributed by atoms with Gasteiger partial charge in [-0.3, -0.25) is 19.3 Å². The topological polar surface area (TPSA) is 89.0 Å². The van der Waals surface area contributed by atoms with Crippen LogP contribution in [-0.2, 0) is 14.3 Å². The summed E-state index contributed by atoms with van der Waals surface area (Å²) >= 11 is 6.88. The number of nitrogens with zero attached hydrogens (tertiary/aromatic N) is 2. The average molecular weight is 445 g/mol. The molecule has 2 unspecified atom stereocenters. The quantitative estimate of drug-likeness (QED) is 0.396. The van der Waals surface area contributed by atoms with Gasteiger partial charge in [-0.25, -0.2) is 0 Å². The second kappa shape index (κ2) is 9.82. The molecular weight excluding hydrogens is 420 g/mol. The van der Waals surface area contributed by atoms with E-state index in [1.807, 2.05) is 47.8 Å². The molecule has 0 saturated carbocycles. The van der Waals surface area contributed by atoms with E-state index >= 15 is 0 Å². The lowest BCUT2D eigenvalue weighted by molar-refractivity contribution is -0.148. The number of benzene rings is 1. The van der Waals surface area contributed by atoms with Crippen LogP contribution in [0, 0.1) is 4.77 Å². The minimum Gasteiger partial charge on any atom is -0.463 e. The van der Waals surface area contributed by atoms with Gasteiger partial charge in [0.2, 0.25) is 5.91 Å². The summed E-state index contributed by atoms with van der Waals surface area (Å²) in [5.41, 5.74) is 0.827. The molecule has 3 rings (SSSR count). The maximum absolute atomic E-state index is 13.1. The van der Waals surface area contributed by atoms with Crippen LogP contribution >= 0.6 is 23.6 Å². The Bertz CT molecular complexity index is 1040. The number of H-pyrrole nitrogens is 1. The molecule has 0 spiro atoms. The molecule has 2 aromatic heterocycles. The summed E-state index contributed by atoms with van der Waals surface area (Å²) in [5, 5.41) is 12.0. The van der Waals surface area contributed by atoms with Crippen LogP contribution in [0.4, 0.5) is 0 Å². The van der Waals surface area contributed by atoms with Crippen molar-refractivity contribution in [3.63, 3.8) is 0 Å². The van der Waals surface area contributed by atoms with Crippen molar-refractivity contribution >= 4 is 35.4 Å². The minimum atomic E-state index is -0.624. The maximum atomic E-state index is 13.1. The van der Waals surface area contributed by atoms with E-state index in [2.05, 4.69) is 15.5 Å². The smallest absolute Gasteiger partial charge is 0.308 e. The van der Waals surface area contributed by atoms with Gasteiger partial charge in [-0.1, -0.05) is 36.4 Å². The number of hydrogen-bond donors (Lipinski definition) is 2. The first-order chi connectivity index (χ1) is 14.4. The van der Waals surface area contributed by atoms with Crippen LogP contribution in [0.5, 0.6) is 0 Å². The van der Waals surface area contributed by atoms with Gasteiger partial charge in [0.25, 0.3) is 0 Å². The standard InChI is InChI=1S/C21H24N4O3S2/c1-13(2)28-18(26)12-16(15-8-5-4-6-9-15)22-20(27)14(3)25-19(23-24-21(25)29)17-10-7-11-30-17/h4-11,13-14,16H,12H2,1-3H3,(H,22,27)(H,24,29). The number of carbonyl (C=O) groups excluding carboxylic acids is 2. The third kappa shape index (κ3) is 5.22. The molecule has 2 heterocycles. The van der Waals surface area contributed by atoms with E-state index in [9.17, 15) is 9.59 Å². The lowest BCUT2D eigenvalue weighted by Gasteiger charge is -2.22. The molecule has 0 aliphatic heterocycles. The van der Waals surface area contributed by atoms with Crippen LogP contribution in [0.3, 0.4) is 0 Å². The molecule has 2 N–H and O–H groups in total. The highest BCUT2D eigenvalue weighted by atomic mass is 32.1. The molecule has 2 atom stereocenters. The third-order valence-electron chi connectivity index (χ3n) is 4.47. The van der Waals surface area contributed by atoms with Crippen LogP contribution < -0.4 is 5.32 Å². The molecule has 158 valence electrons. The van der Waals surface area contributed by atoms with Crippen molar-refractivity contribution < 1.29 is 14.3 Å². The zero-order valence-corrected chi connectivity index (χ0v) is 18.6. The van der Waals surface area contributed by atoms with Crippen molar-refractivity contribution in [2.75, 3.05) is 0 Å². The SMILES string of the molecule is CC(C)OC(=O)CC(NC(=O)C(C)n1c(-c2cccs2)n[nH]c1=S)c1ccccc1. The number of rotatable bonds is 8. The number of hydrogen-bond acceptors (Lipinski definition) is 6. The Labute approximate surface area is 184 Å². The summed E-state index contributed by atoms with van der Waals surface area (Å²) in [7, 11) is 0. The van der Waals surface area contributed by atoms with Gasteiger partial charge >= 0.3 is 5.97 Å². The summed E-state index contributed by atoms with van der Waals surface area (Å²) < 4.78 is 7.32. The Hall–Kier alpha value is -2.78. The molecule has 1 amide bonds. The number of thiophene rings is 1. The zero-order chi connectivity index (χ0) is 21.7. The lowest BCUT2D eigenvalue weighted by Crippen LogP contribution is -2.36. The largest absolute Gasteiger partial charge is 0.463 e. The fourth-order valence-corrected chi connectivity index (χ4v) is 4.07. The van der Waals surface area contributed by atoms with Crippen LogP contribution in [0.1, 0.15) is 44.8 Å². The van der Waals surface area contributed by atoms with Gasteiger partial charge in [0.15, 0.2) is 10.6 Å². The number of ether oxygens (including phenoxy) is 1. The van der Waals surface area contributed by atoms with Crippen LogP contribution in [-0.4, -0.2) is 32.7 Å². The fourth-order valence-electron chi connectivity index (χ4n) is 3.07. The number of nitrogens with one attached hydrogen (secondary N) is 2. The highest BCUT2D eigenvalue weighted by Crippen LogP contribution is 2.26. The van der Waals surface area contributed by atoms with E-state index in [0.29, 0.717) is 10.6 Å². The third-order valence-corrected chi connectivity index (χ3v) is 5.62. The maximum Gasteiger partial charge on any atom is 0.308 e. The van der Waals surface area contributed by atoms with Gasteiger partial charge in [-0.15, -0.1) is 11.3 Å². The molecule has 0 aliphatic rings. The molecule has 7 nitrogen and oxygen atoms in total.